The standard InChI is InChI=1S/C55H29F12N5/c56-52(57,58)33-16-21-44-38(26-33)39-27-34(53(59,60)61)17-22-45(39)71(44)43-14-8-7-13-37(43)32-15-20-48(42(25-32)51-69-49(30-9-3-1-4-10-30)68-50(70-51)31-11-5-2-6-12-31)72-46-23-18-35(54(62,63)64)28-40(46)41-29-36(55(65,66)67)19-24-47(41)72/h1-29H. The van der Waals surface area contributed by atoms with Gasteiger partial charge in [0.1, 0.15) is 0 Å². The predicted molar refractivity (Wildman–Crippen MR) is 250 cm³/mol. The second kappa shape index (κ2) is 16.6. The molecule has 0 bridgehead atoms. The number of benzene rings is 8. The Balaban J connectivity index is 1.22. The lowest BCUT2D eigenvalue weighted by Crippen LogP contribution is -2.06. The average molecular weight is 988 g/mol. The van der Waals surface area contributed by atoms with Gasteiger partial charge < -0.3 is 9.13 Å². The van der Waals surface area contributed by atoms with Crippen LogP contribution >= 0.6 is 0 Å². The Morgan fingerprint density at radius 2 is 0.611 bits per heavy atom. The summed E-state index contributed by atoms with van der Waals surface area (Å²) < 4.78 is 174. The fourth-order valence-electron chi connectivity index (χ4n) is 9.19. The molecule has 0 spiro atoms. The smallest absolute Gasteiger partial charge is 0.309 e. The maximum Gasteiger partial charge on any atom is 0.416 e. The number of para-hydroxylation sites is 1. The second-order valence-electron chi connectivity index (χ2n) is 16.9. The van der Waals surface area contributed by atoms with Crippen molar-refractivity contribution in [2.45, 2.75) is 24.7 Å². The van der Waals surface area contributed by atoms with E-state index in [-0.39, 0.29) is 72.3 Å². The zero-order valence-corrected chi connectivity index (χ0v) is 36.5. The van der Waals surface area contributed by atoms with E-state index in [1.165, 1.54) is 28.8 Å². The second-order valence-corrected chi connectivity index (χ2v) is 16.9. The largest absolute Gasteiger partial charge is 0.416 e. The number of nitrogens with zero attached hydrogens (tertiary/aromatic N) is 5. The molecule has 0 unspecified atom stereocenters. The van der Waals surface area contributed by atoms with Crippen molar-refractivity contribution in [2.24, 2.45) is 0 Å². The van der Waals surface area contributed by atoms with Crippen molar-refractivity contribution in [3.05, 3.63) is 198 Å². The molecular formula is C55H29F12N5. The third-order valence-electron chi connectivity index (χ3n) is 12.5. The van der Waals surface area contributed by atoms with E-state index in [2.05, 4.69) is 0 Å². The highest BCUT2D eigenvalue weighted by Gasteiger charge is 2.36. The van der Waals surface area contributed by atoms with E-state index in [1.807, 2.05) is 0 Å². The summed E-state index contributed by atoms with van der Waals surface area (Å²) in [5.41, 5.74) is -1.08. The predicted octanol–water partition coefficient (Wildman–Crippen LogP) is 16.8. The van der Waals surface area contributed by atoms with Crippen molar-refractivity contribution in [1.29, 1.82) is 0 Å². The molecular weight excluding hydrogens is 959 g/mol. The third-order valence-corrected chi connectivity index (χ3v) is 12.5. The summed E-state index contributed by atoms with van der Waals surface area (Å²) >= 11 is 0. The summed E-state index contributed by atoms with van der Waals surface area (Å²) in [7, 11) is 0. The molecule has 0 aliphatic carbocycles. The highest BCUT2D eigenvalue weighted by Crippen LogP contribution is 2.45. The Hall–Kier alpha value is -8.47. The number of hydrogen-bond donors (Lipinski definition) is 0. The van der Waals surface area contributed by atoms with Gasteiger partial charge in [-0.3, -0.25) is 0 Å². The van der Waals surface area contributed by atoms with Crippen LogP contribution < -0.4 is 0 Å². The Labute approximate surface area is 398 Å². The van der Waals surface area contributed by atoms with E-state index in [9.17, 15) is 52.7 Å². The van der Waals surface area contributed by atoms with Gasteiger partial charge >= 0.3 is 24.7 Å². The highest BCUT2D eigenvalue weighted by molar-refractivity contribution is 6.12. The third kappa shape index (κ3) is 8.03. The van der Waals surface area contributed by atoms with Gasteiger partial charge in [0.05, 0.1) is 55.7 Å². The van der Waals surface area contributed by atoms with Crippen molar-refractivity contribution in [2.75, 3.05) is 0 Å². The quantitative estimate of drug-likeness (QED) is 0.156. The fourth-order valence-corrected chi connectivity index (χ4v) is 9.19. The van der Waals surface area contributed by atoms with E-state index < -0.39 is 47.0 Å². The molecule has 0 saturated heterocycles. The molecule has 0 saturated carbocycles. The van der Waals surface area contributed by atoms with Crippen molar-refractivity contribution < 1.29 is 52.7 Å². The van der Waals surface area contributed by atoms with E-state index in [0.29, 0.717) is 27.9 Å². The van der Waals surface area contributed by atoms with Gasteiger partial charge in [-0.25, -0.2) is 15.0 Å². The van der Waals surface area contributed by atoms with Crippen LogP contribution in [0.3, 0.4) is 0 Å². The molecule has 17 heteroatoms. The van der Waals surface area contributed by atoms with Gasteiger partial charge in [0.15, 0.2) is 17.5 Å². The summed E-state index contributed by atoms with van der Waals surface area (Å²) in [6.45, 7) is 0. The van der Waals surface area contributed by atoms with Crippen LogP contribution in [-0.2, 0) is 24.7 Å². The number of alkyl halides is 12. The lowest BCUT2D eigenvalue weighted by molar-refractivity contribution is -0.138. The zero-order chi connectivity index (χ0) is 50.5. The van der Waals surface area contributed by atoms with Crippen molar-refractivity contribution in [3.63, 3.8) is 0 Å². The summed E-state index contributed by atoms with van der Waals surface area (Å²) in [6, 6.07) is 40.6. The first-order chi connectivity index (χ1) is 34.2. The molecule has 0 aliphatic rings. The number of halogens is 12. The van der Waals surface area contributed by atoms with Gasteiger partial charge in [0.25, 0.3) is 0 Å². The van der Waals surface area contributed by atoms with E-state index in [4.69, 9.17) is 15.0 Å². The first kappa shape index (κ1) is 45.9. The maximum atomic E-state index is 14.3. The minimum absolute atomic E-state index is 0.0297. The Kier molecular flexibility index (Phi) is 10.6. The van der Waals surface area contributed by atoms with Gasteiger partial charge in [0.2, 0.25) is 0 Å². The number of fused-ring (bicyclic) bond motifs is 6. The van der Waals surface area contributed by atoms with Crippen LogP contribution in [0, 0.1) is 0 Å². The minimum atomic E-state index is -4.85. The summed E-state index contributed by atoms with van der Waals surface area (Å²) in [5, 5.41) is -0.466. The van der Waals surface area contributed by atoms with E-state index in [0.717, 1.165) is 48.5 Å². The van der Waals surface area contributed by atoms with Gasteiger partial charge in [-0.2, -0.15) is 52.7 Å². The molecule has 72 heavy (non-hydrogen) atoms. The summed E-state index contributed by atoms with van der Waals surface area (Å²) in [5.74, 6) is 0.455. The van der Waals surface area contributed by atoms with E-state index in [1.54, 1.807) is 108 Å². The lowest BCUT2D eigenvalue weighted by Gasteiger charge is -2.18. The maximum absolute atomic E-state index is 14.3. The van der Waals surface area contributed by atoms with Crippen LogP contribution in [-0.4, -0.2) is 24.1 Å². The molecule has 0 amide bonds. The van der Waals surface area contributed by atoms with Crippen molar-refractivity contribution in [3.8, 4) is 56.7 Å². The first-order valence-electron chi connectivity index (χ1n) is 21.8. The van der Waals surface area contributed by atoms with Crippen LogP contribution in [0.2, 0.25) is 0 Å². The van der Waals surface area contributed by atoms with Crippen molar-refractivity contribution >= 4 is 43.6 Å². The topological polar surface area (TPSA) is 48.5 Å². The van der Waals surface area contributed by atoms with Gasteiger partial charge in [-0.1, -0.05) is 84.9 Å². The molecule has 11 rings (SSSR count). The highest BCUT2D eigenvalue weighted by atomic mass is 19.4. The molecule has 0 radical (unpaired) electrons. The van der Waals surface area contributed by atoms with Gasteiger partial charge in [-0.15, -0.1) is 0 Å². The van der Waals surface area contributed by atoms with E-state index >= 15 is 0 Å². The van der Waals surface area contributed by atoms with Crippen LogP contribution in [0.5, 0.6) is 0 Å². The molecule has 0 aliphatic heterocycles. The molecule has 3 aromatic heterocycles. The fraction of sp³-hybridized carbons (Fsp3) is 0.0727. The van der Waals surface area contributed by atoms with Crippen LogP contribution in [0.25, 0.3) is 100 Å². The molecule has 11 aromatic rings. The monoisotopic (exact) mass is 987 g/mol. The number of hydrogen-bond acceptors (Lipinski definition) is 3. The first-order valence-corrected chi connectivity index (χ1v) is 21.8. The van der Waals surface area contributed by atoms with Crippen LogP contribution in [0.1, 0.15) is 22.3 Å². The number of rotatable bonds is 6. The Morgan fingerprint density at radius 3 is 0.986 bits per heavy atom. The molecule has 0 atom stereocenters. The molecule has 0 N–H and O–H groups in total. The summed E-state index contributed by atoms with van der Waals surface area (Å²) in [6.07, 6.45) is -19.4. The summed E-state index contributed by atoms with van der Waals surface area (Å²) in [4.78, 5) is 14.7. The van der Waals surface area contributed by atoms with Crippen LogP contribution in [0.4, 0.5) is 52.7 Å². The van der Waals surface area contributed by atoms with Gasteiger partial charge in [-0.05, 0) is 96.6 Å². The van der Waals surface area contributed by atoms with Crippen LogP contribution in [0.15, 0.2) is 176 Å². The molecule has 358 valence electrons. The normalized spacial score (nSPS) is 12.7. The SMILES string of the molecule is FC(F)(F)c1ccc2c(c1)c1cc(C(F)(F)F)ccc1n2-c1ccccc1-c1ccc(-n2c3ccc(C(F)(F)F)cc3c3cc(C(F)(F)F)ccc32)c(-c2nc(-c3ccccc3)nc(-c3ccccc3)n2)c1. The molecule has 5 nitrogen and oxygen atoms in total. The Bertz CT molecular complexity index is 3720. The zero-order valence-electron chi connectivity index (χ0n) is 36.5. The molecule has 8 aromatic carbocycles. The number of aromatic nitrogens is 5. The average Bonchev–Trinajstić information content (AvgIpc) is 3.87. The Morgan fingerprint density at radius 1 is 0.278 bits per heavy atom. The van der Waals surface area contributed by atoms with Gasteiger partial charge in [0, 0.05) is 43.8 Å². The molecule has 0 fully saturated rings. The molecule has 3 heterocycles. The minimum Gasteiger partial charge on any atom is -0.309 e. The van der Waals surface area contributed by atoms with Crippen molar-refractivity contribution in [1.82, 2.24) is 24.1 Å². The lowest BCUT2D eigenvalue weighted by atomic mass is 9.99.